The molecule has 3 aliphatic rings. The molecule has 9 rings (SSSR count). The van der Waals surface area contributed by atoms with Gasteiger partial charge in [0, 0.05) is 5.56 Å². The number of morpholine rings is 1. The fraction of sp³-hybridized carbons (Fsp3) is 0.275. The van der Waals surface area contributed by atoms with Crippen molar-refractivity contribution in [2.24, 2.45) is 11.8 Å². The summed E-state index contributed by atoms with van der Waals surface area (Å²) in [4.78, 5) is 76.1. The van der Waals surface area contributed by atoms with Crippen LogP contribution in [0.3, 0.4) is 0 Å². The van der Waals surface area contributed by atoms with Gasteiger partial charge >= 0.3 is 23.9 Å². The number of esters is 2. The van der Waals surface area contributed by atoms with E-state index in [1.165, 1.54) is 13.2 Å². The van der Waals surface area contributed by atoms with Gasteiger partial charge in [0.05, 0.1) is 37.0 Å². The molecular formula is C51H46N6O10. The van der Waals surface area contributed by atoms with Gasteiger partial charge in [-0.05, 0) is 70.6 Å². The quantitative estimate of drug-likeness (QED) is 0.109. The Kier molecular flexibility index (Phi) is 12.0. The molecule has 1 spiro atoms. The van der Waals surface area contributed by atoms with Crippen molar-refractivity contribution in [3.8, 4) is 17.6 Å². The Hall–Kier alpha value is -7.87. The van der Waals surface area contributed by atoms with Crippen LogP contribution in [0, 0.1) is 23.7 Å². The lowest BCUT2D eigenvalue weighted by molar-refractivity contribution is -0.179. The number of aliphatic hydroxyl groups is 1. The van der Waals surface area contributed by atoms with Gasteiger partial charge in [-0.3, -0.25) is 19.3 Å². The average molecular weight is 903 g/mol. The Bertz CT molecular complexity index is 2950. The van der Waals surface area contributed by atoms with Gasteiger partial charge in [-0.25, -0.2) is 19.2 Å². The standard InChI is InChI=1S/C51H46N6O10/c1-30(2)41(47(61)65-3)52-50(64)56-38-24-23-31(14-13-25-55-39-22-11-10-21-37(39)53-54-55)28-36(38)51(49(56)63)40(46(59)60)43-48(62)67-44(33-17-8-5-9-18-33)42(32-15-6-4-7-16-32)57(43)45(51)34-19-12-20-35(29-34)66-27-26-58/h4-12,15-24,28-30,40-45,58H,25-27H2,1-3H3,(H,52,64)(H,59,60). The second-order valence-corrected chi connectivity index (χ2v) is 16.9. The van der Waals surface area contributed by atoms with E-state index >= 15 is 4.79 Å². The summed E-state index contributed by atoms with van der Waals surface area (Å²) in [5.41, 5.74) is 1.32. The number of ether oxygens (including phenoxy) is 3. The molecule has 7 atom stereocenters. The van der Waals surface area contributed by atoms with Crippen LogP contribution in [0.15, 0.2) is 127 Å². The molecule has 4 heterocycles. The summed E-state index contributed by atoms with van der Waals surface area (Å²) < 4.78 is 18.9. The number of fused-ring (bicyclic) bond motifs is 4. The van der Waals surface area contributed by atoms with Crippen molar-refractivity contribution in [1.82, 2.24) is 25.2 Å². The van der Waals surface area contributed by atoms with E-state index in [9.17, 15) is 29.4 Å². The first-order valence-corrected chi connectivity index (χ1v) is 21.8. The lowest BCUT2D eigenvalue weighted by atomic mass is 9.65. The zero-order valence-electron chi connectivity index (χ0n) is 36.7. The molecule has 2 saturated heterocycles. The number of rotatable bonds is 11. The molecular weight excluding hydrogens is 857 g/mol. The minimum Gasteiger partial charge on any atom is -0.491 e. The van der Waals surface area contributed by atoms with E-state index in [1.807, 2.05) is 84.9 Å². The van der Waals surface area contributed by atoms with Gasteiger partial charge in [0.1, 0.15) is 53.9 Å². The molecule has 67 heavy (non-hydrogen) atoms. The first kappa shape index (κ1) is 44.3. The number of carboxylic acid groups (broad SMARTS) is 1. The highest BCUT2D eigenvalue weighted by molar-refractivity contribution is 6.24. The molecule has 16 heteroatoms. The number of carbonyl (C=O) groups excluding carboxylic acids is 4. The van der Waals surface area contributed by atoms with Crippen LogP contribution in [0.4, 0.5) is 10.5 Å². The number of cyclic esters (lactones) is 1. The highest BCUT2D eigenvalue weighted by Gasteiger charge is 2.76. The van der Waals surface area contributed by atoms with Crippen molar-refractivity contribution in [3.63, 3.8) is 0 Å². The zero-order chi connectivity index (χ0) is 47.0. The molecule has 6 aromatic rings. The second kappa shape index (κ2) is 18.2. The number of amides is 3. The average Bonchev–Trinajstić information content (AvgIpc) is 3.98. The lowest BCUT2D eigenvalue weighted by Gasteiger charge is -2.46. The van der Waals surface area contributed by atoms with E-state index in [0.29, 0.717) is 33.5 Å². The second-order valence-electron chi connectivity index (χ2n) is 16.9. The van der Waals surface area contributed by atoms with Crippen LogP contribution in [-0.2, 0) is 40.6 Å². The largest absolute Gasteiger partial charge is 0.491 e. The van der Waals surface area contributed by atoms with Crippen LogP contribution < -0.4 is 15.0 Å². The van der Waals surface area contributed by atoms with Gasteiger partial charge < -0.3 is 29.7 Å². The van der Waals surface area contributed by atoms with Crippen molar-refractivity contribution in [2.45, 2.75) is 56.1 Å². The number of imide groups is 1. The maximum Gasteiger partial charge on any atom is 0.329 e. The topological polar surface area (TPSA) is 203 Å². The van der Waals surface area contributed by atoms with E-state index < -0.39 is 77.4 Å². The SMILES string of the molecule is COC(=O)C(NC(=O)N1C(=O)C2(c3cc(C#CCn4nnc5ccccc54)ccc31)C(C(=O)O)C1C(=O)OC(c3ccccc3)C(c3ccccc3)N1C2c1cccc(OCCO)c1)C(C)C. The van der Waals surface area contributed by atoms with E-state index in [1.54, 1.807) is 59.8 Å². The Balaban J connectivity index is 1.31. The fourth-order valence-electron chi connectivity index (χ4n) is 9.98. The number of para-hydroxylation sites is 1. The van der Waals surface area contributed by atoms with Gasteiger partial charge in [0.15, 0.2) is 0 Å². The monoisotopic (exact) mass is 902 g/mol. The van der Waals surface area contributed by atoms with Crippen molar-refractivity contribution < 1.29 is 48.4 Å². The minimum absolute atomic E-state index is 0.0238. The number of aromatic nitrogens is 3. The maximum absolute atomic E-state index is 16.2. The number of aliphatic hydroxyl groups excluding tert-OH is 1. The number of hydrogen-bond acceptors (Lipinski definition) is 12. The predicted molar refractivity (Wildman–Crippen MR) is 242 cm³/mol. The molecule has 3 aliphatic heterocycles. The van der Waals surface area contributed by atoms with E-state index in [2.05, 4.69) is 27.5 Å². The fourth-order valence-corrected chi connectivity index (χ4v) is 9.98. The van der Waals surface area contributed by atoms with E-state index in [-0.39, 0.29) is 31.0 Å². The number of hydrogen-bond donors (Lipinski definition) is 3. The number of nitrogens with one attached hydrogen (secondary N) is 1. The van der Waals surface area contributed by atoms with Gasteiger partial charge in [-0.15, -0.1) is 5.10 Å². The van der Waals surface area contributed by atoms with Crippen molar-refractivity contribution in [1.29, 1.82) is 0 Å². The van der Waals surface area contributed by atoms with Gasteiger partial charge in [0.25, 0.3) is 0 Å². The highest BCUT2D eigenvalue weighted by Crippen LogP contribution is 2.66. The smallest absolute Gasteiger partial charge is 0.329 e. The minimum atomic E-state index is -2.27. The van der Waals surface area contributed by atoms with Crippen LogP contribution >= 0.6 is 0 Å². The molecule has 5 aromatic carbocycles. The van der Waals surface area contributed by atoms with Gasteiger partial charge in [-0.2, -0.15) is 0 Å². The molecule has 0 saturated carbocycles. The lowest BCUT2D eigenvalue weighted by Crippen LogP contribution is -2.56. The summed E-state index contributed by atoms with van der Waals surface area (Å²) in [6.45, 7) is 3.15. The number of aliphatic carboxylic acids is 1. The summed E-state index contributed by atoms with van der Waals surface area (Å²) >= 11 is 0. The number of anilines is 1. The molecule has 0 radical (unpaired) electrons. The first-order valence-electron chi connectivity index (χ1n) is 21.8. The summed E-state index contributed by atoms with van der Waals surface area (Å²) in [6, 6.07) is 31.1. The van der Waals surface area contributed by atoms with Gasteiger partial charge in [-0.1, -0.05) is 116 Å². The maximum atomic E-state index is 16.2. The Morgan fingerprint density at radius 2 is 1.57 bits per heavy atom. The third kappa shape index (κ3) is 7.61. The molecule has 1 aromatic heterocycles. The van der Waals surface area contributed by atoms with Crippen LogP contribution in [-0.4, -0.2) is 92.4 Å². The molecule has 7 unspecified atom stereocenters. The highest BCUT2D eigenvalue weighted by atomic mass is 16.6. The molecule has 340 valence electrons. The number of methoxy groups -OCH3 is 1. The zero-order valence-corrected chi connectivity index (χ0v) is 36.7. The molecule has 2 fully saturated rings. The summed E-state index contributed by atoms with van der Waals surface area (Å²) in [7, 11) is 1.18. The van der Waals surface area contributed by atoms with Crippen molar-refractivity contribution in [2.75, 3.05) is 25.2 Å². The normalized spacial score (nSPS) is 22.4. The number of carboxylic acids is 1. The Morgan fingerprint density at radius 1 is 0.866 bits per heavy atom. The van der Waals surface area contributed by atoms with E-state index in [4.69, 9.17) is 14.2 Å². The number of benzene rings is 5. The van der Waals surface area contributed by atoms with Crippen LogP contribution in [0.2, 0.25) is 0 Å². The van der Waals surface area contributed by atoms with Crippen LogP contribution in [0.1, 0.15) is 59.9 Å². The van der Waals surface area contributed by atoms with Crippen LogP contribution in [0.25, 0.3) is 11.0 Å². The summed E-state index contributed by atoms with van der Waals surface area (Å²) in [6.07, 6.45) is -0.999. The number of carbonyl (C=O) groups is 5. The van der Waals surface area contributed by atoms with Gasteiger partial charge in [0.2, 0.25) is 5.91 Å². The first-order chi connectivity index (χ1) is 32.5. The third-order valence-corrected chi connectivity index (χ3v) is 12.7. The number of urea groups is 1. The number of nitrogens with zero attached hydrogens (tertiary/aromatic N) is 5. The Labute approximate surface area is 385 Å². The predicted octanol–water partition coefficient (Wildman–Crippen LogP) is 5.51. The molecule has 0 aliphatic carbocycles. The van der Waals surface area contributed by atoms with Crippen molar-refractivity contribution >= 4 is 46.6 Å². The van der Waals surface area contributed by atoms with Crippen molar-refractivity contribution in [3.05, 3.63) is 155 Å². The molecule has 0 bridgehead atoms. The molecule has 16 nitrogen and oxygen atoms in total. The van der Waals surface area contributed by atoms with E-state index in [0.717, 1.165) is 10.4 Å². The molecule has 3 amide bonds. The summed E-state index contributed by atoms with van der Waals surface area (Å²) in [5, 5.41) is 32.6. The molecule has 3 N–H and O–H groups in total. The Morgan fingerprint density at radius 3 is 2.27 bits per heavy atom. The third-order valence-electron chi connectivity index (χ3n) is 12.7. The van der Waals surface area contributed by atoms with Crippen LogP contribution in [0.5, 0.6) is 5.75 Å². The summed E-state index contributed by atoms with van der Waals surface area (Å²) in [5.74, 6) is 0.0987.